The number of fused-ring (bicyclic) bond motifs is 1. The lowest BCUT2D eigenvalue weighted by Crippen LogP contribution is -1.81. The highest BCUT2D eigenvalue weighted by Crippen LogP contribution is 2.12. The van der Waals surface area contributed by atoms with Crippen LogP contribution < -0.4 is 0 Å². The normalized spacial score (nSPS) is 9.92. The molecule has 58 valence electrons. The fourth-order valence-electron chi connectivity index (χ4n) is 0.961. The summed E-state index contributed by atoms with van der Waals surface area (Å²) in [7, 11) is 0. The van der Waals surface area contributed by atoms with E-state index in [0.717, 1.165) is 5.65 Å². The van der Waals surface area contributed by atoms with Gasteiger partial charge in [-0.25, -0.2) is 4.85 Å². The molecule has 0 saturated carbocycles. The van der Waals surface area contributed by atoms with Crippen LogP contribution in [-0.4, -0.2) is 14.6 Å². The number of pyridine rings is 1. The Hall–Kier alpha value is -1.67. The van der Waals surface area contributed by atoms with Crippen molar-refractivity contribution in [3.8, 4) is 0 Å². The van der Waals surface area contributed by atoms with E-state index in [-0.39, 0.29) is 0 Å². The third-order valence-electron chi connectivity index (χ3n) is 1.53. The van der Waals surface area contributed by atoms with Crippen molar-refractivity contribution < 1.29 is 0 Å². The highest BCUT2D eigenvalue weighted by atomic mass is 32.1. The number of H-pyrrole nitrogens is 1. The molecule has 0 spiro atoms. The number of nitrogens with zero attached hydrogens (tertiary/aromatic N) is 3. The Morgan fingerprint density at radius 1 is 1.58 bits per heavy atom. The van der Waals surface area contributed by atoms with Gasteiger partial charge in [0.2, 0.25) is 5.69 Å². The van der Waals surface area contributed by atoms with Crippen molar-refractivity contribution >= 4 is 23.6 Å². The summed E-state index contributed by atoms with van der Waals surface area (Å²) in [5, 5.41) is 6.58. The zero-order chi connectivity index (χ0) is 8.55. The molecule has 0 saturated heterocycles. The fourth-order valence-corrected chi connectivity index (χ4v) is 1.15. The van der Waals surface area contributed by atoms with Gasteiger partial charge in [0.15, 0.2) is 10.4 Å². The van der Waals surface area contributed by atoms with Gasteiger partial charge in [0.05, 0.1) is 6.57 Å². The van der Waals surface area contributed by atoms with Crippen molar-refractivity contribution in [1.29, 1.82) is 0 Å². The van der Waals surface area contributed by atoms with Gasteiger partial charge < -0.3 is 0 Å². The average Bonchev–Trinajstić information content (AvgIpc) is 2.47. The van der Waals surface area contributed by atoms with E-state index < -0.39 is 0 Å². The van der Waals surface area contributed by atoms with Gasteiger partial charge in [0, 0.05) is 6.20 Å². The van der Waals surface area contributed by atoms with Crippen LogP contribution in [-0.2, 0) is 0 Å². The first-order valence-corrected chi connectivity index (χ1v) is 3.66. The molecule has 2 rings (SSSR count). The van der Waals surface area contributed by atoms with E-state index in [2.05, 4.69) is 15.0 Å². The van der Waals surface area contributed by atoms with Crippen molar-refractivity contribution in [2.75, 3.05) is 0 Å². The fraction of sp³-hybridized carbons (Fsp3) is 0. The van der Waals surface area contributed by atoms with E-state index in [1.165, 1.54) is 0 Å². The number of nitrogens with one attached hydrogen (secondary N) is 1. The monoisotopic (exact) mass is 176 g/mol. The highest BCUT2D eigenvalue weighted by molar-refractivity contribution is 7.71. The molecule has 4 nitrogen and oxygen atoms in total. The van der Waals surface area contributed by atoms with E-state index in [0.29, 0.717) is 10.5 Å². The van der Waals surface area contributed by atoms with Gasteiger partial charge in [0.1, 0.15) is 0 Å². The second-order valence-electron chi connectivity index (χ2n) is 2.26. The van der Waals surface area contributed by atoms with Crippen LogP contribution >= 0.6 is 12.2 Å². The summed E-state index contributed by atoms with van der Waals surface area (Å²) in [4.78, 5) is 3.28. The molecule has 0 radical (unpaired) electrons. The molecular formula is C7H4N4S. The van der Waals surface area contributed by atoms with Crippen molar-refractivity contribution in [3.63, 3.8) is 0 Å². The number of hydrogen-bond acceptors (Lipinski definition) is 2. The second-order valence-corrected chi connectivity index (χ2v) is 2.64. The van der Waals surface area contributed by atoms with Crippen LogP contribution in [0.25, 0.3) is 10.5 Å². The summed E-state index contributed by atoms with van der Waals surface area (Å²) in [6.45, 7) is 6.79. The summed E-state index contributed by atoms with van der Waals surface area (Å²) in [5.74, 6) is 0. The summed E-state index contributed by atoms with van der Waals surface area (Å²) < 4.78 is 2.18. The van der Waals surface area contributed by atoms with Gasteiger partial charge in [0.25, 0.3) is 0 Å². The molecule has 0 amide bonds. The number of aromatic amines is 1. The van der Waals surface area contributed by atoms with Crippen molar-refractivity contribution in [3.05, 3.63) is 34.5 Å². The molecule has 0 aliphatic rings. The quantitative estimate of drug-likeness (QED) is 0.492. The number of rotatable bonds is 0. The minimum atomic E-state index is 0.510. The number of hydrogen-bond donors (Lipinski definition) is 1. The molecule has 1 N–H and O–H groups in total. The van der Waals surface area contributed by atoms with Gasteiger partial charge in [-0.2, -0.15) is 5.10 Å². The topological polar surface area (TPSA) is 37.5 Å². The van der Waals surface area contributed by atoms with E-state index in [1.54, 1.807) is 22.7 Å². The SMILES string of the molecule is [C-]#[N+]c1ccc2n[nH]c(=S)n2c1. The van der Waals surface area contributed by atoms with Gasteiger partial charge in [-0.3, -0.25) is 9.50 Å². The van der Waals surface area contributed by atoms with Crippen LogP contribution in [0.1, 0.15) is 0 Å². The van der Waals surface area contributed by atoms with E-state index >= 15 is 0 Å². The van der Waals surface area contributed by atoms with Crippen LogP contribution in [0.5, 0.6) is 0 Å². The van der Waals surface area contributed by atoms with E-state index in [4.69, 9.17) is 18.8 Å². The summed E-state index contributed by atoms with van der Waals surface area (Å²) in [6.07, 6.45) is 1.66. The lowest BCUT2D eigenvalue weighted by atomic mass is 10.4. The standard InChI is InChI=1S/C7H4N4S/c1-8-5-2-3-6-9-10-7(12)11(6)4-5/h2-4H,(H,10,12). The van der Waals surface area contributed by atoms with Gasteiger partial charge in [-0.05, 0) is 18.3 Å². The Kier molecular flexibility index (Phi) is 1.42. The zero-order valence-corrected chi connectivity index (χ0v) is 6.80. The van der Waals surface area contributed by atoms with Crippen LogP contribution in [0, 0.1) is 11.3 Å². The Balaban J connectivity index is 2.91. The first kappa shape index (κ1) is 7.00. The smallest absolute Gasteiger partial charge is 0.203 e. The summed E-state index contributed by atoms with van der Waals surface area (Å²) in [6, 6.07) is 3.46. The van der Waals surface area contributed by atoms with Gasteiger partial charge in [-0.15, -0.1) is 0 Å². The lowest BCUT2D eigenvalue weighted by Gasteiger charge is -1.90. The summed E-state index contributed by atoms with van der Waals surface area (Å²) in [5.41, 5.74) is 1.28. The minimum Gasteiger partial charge on any atom is -0.286 e. The molecule has 0 fully saturated rings. The van der Waals surface area contributed by atoms with Crippen molar-refractivity contribution in [2.24, 2.45) is 0 Å². The maximum Gasteiger partial charge on any atom is 0.203 e. The average molecular weight is 176 g/mol. The number of aromatic nitrogens is 3. The first-order valence-electron chi connectivity index (χ1n) is 3.25. The summed E-state index contributed by atoms with van der Waals surface area (Å²) >= 11 is 4.94. The van der Waals surface area contributed by atoms with E-state index in [1.807, 2.05) is 0 Å². The Morgan fingerprint density at radius 3 is 3.17 bits per heavy atom. The van der Waals surface area contributed by atoms with Crippen LogP contribution in [0.15, 0.2) is 18.3 Å². The van der Waals surface area contributed by atoms with Crippen LogP contribution in [0.2, 0.25) is 0 Å². The maximum absolute atomic E-state index is 6.79. The van der Waals surface area contributed by atoms with E-state index in [9.17, 15) is 0 Å². The van der Waals surface area contributed by atoms with Crippen molar-refractivity contribution in [2.45, 2.75) is 0 Å². The molecule has 0 bridgehead atoms. The molecule has 12 heavy (non-hydrogen) atoms. The largest absolute Gasteiger partial charge is 0.286 e. The molecule has 5 heteroatoms. The molecule has 0 atom stereocenters. The first-order chi connectivity index (χ1) is 5.81. The zero-order valence-electron chi connectivity index (χ0n) is 5.98. The van der Waals surface area contributed by atoms with Crippen molar-refractivity contribution in [1.82, 2.24) is 14.6 Å². The molecule has 2 aromatic rings. The van der Waals surface area contributed by atoms with Crippen LogP contribution in [0.4, 0.5) is 5.69 Å². The predicted molar refractivity (Wildman–Crippen MR) is 46.6 cm³/mol. The molecule has 0 unspecified atom stereocenters. The maximum atomic E-state index is 6.79. The minimum absolute atomic E-state index is 0.510. The molecule has 2 aromatic heterocycles. The lowest BCUT2D eigenvalue weighted by molar-refractivity contribution is 1.08. The van der Waals surface area contributed by atoms with Crippen LogP contribution in [0.3, 0.4) is 0 Å². The highest BCUT2D eigenvalue weighted by Gasteiger charge is 1.96. The predicted octanol–water partition coefficient (Wildman–Crippen LogP) is 1.94. The third kappa shape index (κ3) is 0.898. The van der Waals surface area contributed by atoms with Gasteiger partial charge >= 0.3 is 0 Å². The van der Waals surface area contributed by atoms with Gasteiger partial charge in [-0.1, -0.05) is 6.07 Å². The molecule has 2 heterocycles. The molecular weight excluding hydrogens is 172 g/mol. The Morgan fingerprint density at radius 2 is 2.42 bits per heavy atom. The molecule has 0 aromatic carbocycles. The Labute approximate surface area is 73.3 Å². The molecule has 0 aliphatic carbocycles. The third-order valence-corrected chi connectivity index (χ3v) is 1.81. The Bertz CT molecular complexity index is 516. The second kappa shape index (κ2) is 2.43. The molecule has 0 aliphatic heterocycles.